The topological polar surface area (TPSA) is 41.5 Å². The summed E-state index contributed by atoms with van der Waals surface area (Å²) in [6, 6.07) is 0.791. The number of methoxy groups -OCH3 is 1. The van der Waals surface area contributed by atoms with Crippen LogP contribution >= 0.6 is 0 Å². The lowest BCUT2D eigenvalue weighted by Crippen LogP contribution is -2.43. The van der Waals surface area contributed by atoms with Gasteiger partial charge in [0.15, 0.2) is 0 Å². The summed E-state index contributed by atoms with van der Waals surface area (Å²) in [6.07, 6.45) is 1.88. The number of hydrogen-bond donors (Lipinski definition) is 2. The van der Waals surface area contributed by atoms with Crippen LogP contribution in [0.4, 0.5) is 0 Å². The molecule has 0 aliphatic rings. The molecule has 0 aromatic heterocycles. The van der Waals surface area contributed by atoms with Gasteiger partial charge in [0.2, 0.25) is 0 Å². The first-order valence-electron chi connectivity index (χ1n) is 5.51. The number of hydrogen-bond acceptors (Lipinski definition) is 3. The van der Waals surface area contributed by atoms with Crippen LogP contribution < -0.4 is 5.32 Å². The van der Waals surface area contributed by atoms with E-state index < -0.39 is 0 Å². The van der Waals surface area contributed by atoms with Crippen molar-refractivity contribution in [3.05, 3.63) is 0 Å². The SMILES string of the molecule is CCC(COC)NC(CCO)C(C)C. The molecule has 0 spiro atoms. The Balaban J connectivity index is 3.97. The minimum atomic E-state index is 0.249. The number of nitrogens with one attached hydrogen (secondary N) is 1. The predicted octanol–water partition coefficient (Wildman–Crippen LogP) is 1.41. The molecule has 0 fully saturated rings. The van der Waals surface area contributed by atoms with Gasteiger partial charge in [-0.3, -0.25) is 0 Å². The molecule has 2 atom stereocenters. The first-order chi connectivity index (χ1) is 6.65. The highest BCUT2D eigenvalue weighted by atomic mass is 16.5. The molecule has 0 aliphatic heterocycles. The second-order valence-electron chi connectivity index (χ2n) is 4.09. The summed E-state index contributed by atoms with van der Waals surface area (Å²) in [5.74, 6) is 0.549. The van der Waals surface area contributed by atoms with Crippen LogP contribution in [0.2, 0.25) is 0 Å². The highest BCUT2D eigenvalue weighted by Crippen LogP contribution is 2.07. The third-order valence-electron chi connectivity index (χ3n) is 2.56. The monoisotopic (exact) mass is 203 g/mol. The van der Waals surface area contributed by atoms with Gasteiger partial charge < -0.3 is 15.2 Å². The molecule has 2 N–H and O–H groups in total. The Kier molecular flexibility index (Phi) is 8.14. The standard InChI is InChI=1S/C11H25NO2/c1-5-10(8-14-4)12-11(6-7-13)9(2)3/h9-13H,5-8H2,1-4H3. The molecule has 0 saturated carbocycles. The summed E-state index contributed by atoms with van der Waals surface area (Å²) in [5.41, 5.74) is 0. The fourth-order valence-corrected chi connectivity index (χ4v) is 1.54. The highest BCUT2D eigenvalue weighted by Gasteiger charge is 2.16. The number of aliphatic hydroxyl groups is 1. The molecule has 14 heavy (non-hydrogen) atoms. The van der Waals surface area contributed by atoms with Crippen LogP contribution in [0.5, 0.6) is 0 Å². The van der Waals surface area contributed by atoms with Gasteiger partial charge in [-0.1, -0.05) is 20.8 Å². The van der Waals surface area contributed by atoms with E-state index in [9.17, 15) is 0 Å². The zero-order valence-corrected chi connectivity index (χ0v) is 9.92. The van der Waals surface area contributed by atoms with E-state index in [4.69, 9.17) is 9.84 Å². The van der Waals surface area contributed by atoms with Gasteiger partial charge in [0.25, 0.3) is 0 Å². The zero-order chi connectivity index (χ0) is 11.0. The van der Waals surface area contributed by atoms with Crippen LogP contribution in [0.3, 0.4) is 0 Å². The molecule has 0 aliphatic carbocycles. The lowest BCUT2D eigenvalue weighted by molar-refractivity contribution is 0.146. The van der Waals surface area contributed by atoms with E-state index in [1.165, 1.54) is 0 Å². The second-order valence-corrected chi connectivity index (χ2v) is 4.09. The Labute approximate surface area is 87.8 Å². The molecule has 0 rings (SSSR count). The van der Waals surface area contributed by atoms with Gasteiger partial charge in [0, 0.05) is 25.8 Å². The Morgan fingerprint density at radius 2 is 2.00 bits per heavy atom. The Morgan fingerprint density at radius 3 is 2.36 bits per heavy atom. The first-order valence-corrected chi connectivity index (χ1v) is 5.51. The smallest absolute Gasteiger partial charge is 0.0615 e. The van der Waals surface area contributed by atoms with Crippen LogP contribution in [0.15, 0.2) is 0 Å². The van der Waals surface area contributed by atoms with Gasteiger partial charge >= 0.3 is 0 Å². The van der Waals surface area contributed by atoms with Crippen molar-refractivity contribution in [1.29, 1.82) is 0 Å². The molecule has 86 valence electrons. The van der Waals surface area contributed by atoms with Crippen molar-refractivity contribution in [2.24, 2.45) is 5.92 Å². The van der Waals surface area contributed by atoms with Gasteiger partial charge in [-0.15, -0.1) is 0 Å². The van der Waals surface area contributed by atoms with E-state index >= 15 is 0 Å². The van der Waals surface area contributed by atoms with Gasteiger partial charge in [-0.2, -0.15) is 0 Å². The minimum Gasteiger partial charge on any atom is -0.396 e. The molecule has 0 amide bonds. The maximum atomic E-state index is 8.93. The summed E-state index contributed by atoms with van der Waals surface area (Å²) in [4.78, 5) is 0. The van der Waals surface area contributed by atoms with Crippen LogP contribution in [-0.2, 0) is 4.74 Å². The van der Waals surface area contributed by atoms with Gasteiger partial charge in [-0.25, -0.2) is 0 Å². The molecule has 0 bridgehead atoms. The van der Waals surface area contributed by atoms with Crippen LogP contribution in [-0.4, -0.2) is 37.5 Å². The summed E-state index contributed by atoms with van der Waals surface area (Å²) in [5, 5.41) is 12.4. The van der Waals surface area contributed by atoms with E-state index in [-0.39, 0.29) is 6.61 Å². The van der Waals surface area contributed by atoms with Gasteiger partial charge in [0.1, 0.15) is 0 Å². The third-order valence-corrected chi connectivity index (χ3v) is 2.56. The van der Waals surface area contributed by atoms with E-state index in [1.807, 2.05) is 0 Å². The van der Waals surface area contributed by atoms with E-state index in [0.29, 0.717) is 18.0 Å². The van der Waals surface area contributed by atoms with Gasteiger partial charge in [-0.05, 0) is 18.8 Å². The lowest BCUT2D eigenvalue weighted by atomic mass is 10.00. The largest absolute Gasteiger partial charge is 0.396 e. The van der Waals surface area contributed by atoms with E-state index in [2.05, 4.69) is 26.1 Å². The molecule has 0 heterocycles. The quantitative estimate of drug-likeness (QED) is 0.626. The van der Waals surface area contributed by atoms with Gasteiger partial charge in [0.05, 0.1) is 6.61 Å². The second kappa shape index (κ2) is 8.21. The van der Waals surface area contributed by atoms with Crippen molar-refractivity contribution in [2.45, 2.75) is 45.7 Å². The summed E-state index contributed by atoms with van der Waals surface area (Å²) >= 11 is 0. The molecule has 3 heteroatoms. The predicted molar refractivity (Wildman–Crippen MR) is 59.4 cm³/mol. The molecular formula is C11H25NO2. The number of aliphatic hydroxyl groups excluding tert-OH is 1. The van der Waals surface area contributed by atoms with Crippen molar-refractivity contribution in [2.75, 3.05) is 20.3 Å². The average molecular weight is 203 g/mol. The first kappa shape index (κ1) is 13.9. The van der Waals surface area contributed by atoms with Crippen LogP contribution in [0.25, 0.3) is 0 Å². The molecule has 3 nitrogen and oxygen atoms in total. The van der Waals surface area contributed by atoms with Crippen molar-refractivity contribution in [1.82, 2.24) is 5.32 Å². The fraction of sp³-hybridized carbons (Fsp3) is 1.00. The van der Waals surface area contributed by atoms with Crippen LogP contribution in [0, 0.1) is 5.92 Å². The normalized spacial score (nSPS) is 15.9. The summed E-state index contributed by atoms with van der Waals surface area (Å²) in [7, 11) is 1.72. The van der Waals surface area contributed by atoms with E-state index in [0.717, 1.165) is 19.4 Å². The number of ether oxygens (including phenoxy) is 1. The van der Waals surface area contributed by atoms with Crippen LogP contribution in [0.1, 0.15) is 33.6 Å². The molecular weight excluding hydrogens is 178 g/mol. The Bertz CT molecular complexity index is 128. The molecule has 0 aromatic carbocycles. The summed E-state index contributed by atoms with van der Waals surface area (Å²) in [6.45, 7) is 7.48. The fourth-order valence-electron chi connectivity index (χ4n) is 1.54. The molecule has 2 unspecified atom stereocenters. The van der Waals surface area contributed by atoms with Crippen molar-refractivity contribution < 1.29 is 9.84 Å². The lowest BCUT2D eigenvalue weighted by Gasteiger charge is -2.27. The molecule has 0 saturated heterocycles. The Hall–Kier alpha value is -0.120. The zero-order valence-electron chi connectivity index (χ0n) is 9.92. The average Bonchev–Trinajstić information content (AvgIpc) is 2.15. The van der Waals surface area contributed by atoms with Crippen molar-refractivity contribution in [3.63, 3.8) is 0 Å². The third kappa shape index (κ3) is 5.58. The highest BCUT2D eigenvalue weighted by molar-refractivity contribution is 4.75. The van der Waals surface area contributed by atoms with Crippen molar-refractivity contribution >= 4 is 0 Å². The molecule has 0 aromatic rings. The maximum absolute atomic E-state index is 8.93. The minimum absolute atomic E-state index is 0.249. The summed E-state index contributed by atoms with van der Waals surface area (Å²) < 4.78 is 5.13. The van der Waals surface area contributed by atoms with Crippen molar-refractivity contribution in [3.8, 4) is 0 Å². The van der Waals surface area contributed by atoms with E-state index in [1.54, 1.807) is 7.11 Å². The Morgan fingerprint density at radius 1 is 1.36 bits per heavy atom. The molecule has 0 radical (unpaired) electrons. The number of rotatable bonds is 8. The maximum Gasteiger partial charge on any atom is 0.0615 e.